The van der Waals surface area contributed by atoms with E-state index in [1.54, 1.807) is 18.5 Å². The van der Waals surface area contributed by atoms with E-state index < -0.39 is 0 Å². The van der Waals surface area contributed by atoms with Crippen LogP contribution in [0.5, 0.6) is 5.75 Å². The van der Waals surface area contributed by atoms with Gasteiger partial charge in [-0.1, -0.05) is 42.5 Å². The molecule has 0 saturated heterocycles. The maximum atomic E-state index is 13.1. The van der Waals surface area contributed by atoms with Gasteiger partial charge in [-0.25, -0.2) is 4.98 Å². The summed E-state index contributed by atoms with van der Waals surface area (Å²) >= 11 is 0. The molecule has 1 unspecified atom stereocenters. The van der Waals surface area contributed by atoms with E-state index in [0.717, 1.165) is 44.7 Å². The number of nitrogens with one attached hydrogen (secondary N) is 2. The van der Waals surface area contributed by atoms with Gasteiger partial charge in [-0.15, -0.1) is 0 Å². The van der Waals surface area contributed by atoms with Crippen LogP contribution in [-0.4, -0.2) is 26.0 Å². The van der Waals surface area contributed by atoms with Crippen molar-refractivity contribution in [3.63, 3.8) is 0 Å². The number of aromatic nitrogens is 3. The molecule has 1 amide bonds. The highest BCUT2D eigenvalue weighted by Gasteiger charge is 2.32. The Kier molecular flexibility index (Phi) is 4.16. The molecule has 1 atom stereocenters. The van der Waals surface area contributed by atoms with E-state index in [0.29, 0.717) is 5.56 Å². The summed E-state index contributed by atoms with van der Waals surface area (Å²) in [5.41, 5.74) is 13.0. The predicted molar refractivity (Wildman–Crippen MR) is 127 cm³/mol. The molecule has 3 aromatic carbocycles. The number of carbonyl (C=O) groups excluding carboxylic acids is 1. The molecule has 0 saturated carbocycles. The third kappa shape index (κ3) is 3.02. The summed E-state index contributed by atoms with van der Waals surface area (Å²) in [5.74, 6) is 0.342. The third-order valence-electron chi connectivity index (χ3n) is 6.06. The van der Waals surface area contributed by atoms with E-state index in [-0.39, 0.29) is 23.4 Å². The maximum absolute atomic E-state index is 13.1. The van der Waals surface area contributed by atoms with Gasteiger partial charge in [0, 0.05) is 17.3 Å². The first-order valence-electron chi connectivity index (χ1n) is 10.5. The molecule has 5 N–H and O–H groups in total. The summed E-state index contributed by atoms with van der Waals surface area (Å²) in [6, 6.07) is 20.1. The summed E-state index contributed by atoms with van der Waals surface area (Å²) in [6.45, 7) is 0. The largest absolute Gasteiger partial charge is 0.506 e. The van der Waals surface area contributed by atoms with Crippen LogP contribution in [0.15, 0.2) is 79.1 Å². The van der Waals surface area contributed by atoms with Crippen molar-refractivity contribution in [1.29, 1.82) is 0 Å². The van der Waals surface area contributed by atoms with Gasteiger partial charge in [0.05, 0.1) is 29.0 Å². The lowest BCUT2D eigenvalue weighted by Crippen LogP contribution is -2.28. The number of H-pyrrole nitrogens is 1. The van der Waals surface area contributed by atoms with Crippen molar-refractivity contribution >= 4 is 22.6 Å². The van der Waals surface area contributed by atoms with Crippen molar-refractivity contribution in [2.45, 2.75) is 6.04 Å². The Bertz CT molecular complexity index is 1520. The topological polar surface area (TPSA) is 117 Å². The Morgan fingerprint density at radius 2 is 1.82 bits per heavy atom. The molecule has 0 bridgehead atoms. The number of fused-ring (bicyclic) bond motifs is 4. The third-order valence-corrected chi connectivity index (χ3v) is 6.06. The first kappa shape index (κ1) is 19.1. The van der Waals surface area contributed by atoms with Crippen LogP contribution in [0.3, 0.4) is 0 Å². The van der Waals surface area contributed by atoms with Crippen LogP contribution in [0.1, 0.15) is 27.5 Å². The normalized spacial score (nSPS) is 14.1. The molecule has 1 aliphatic carbocycles. The number of benzene rings is 3. The molecular formula is C26H19N5O2. The molecular weight excluding hydrogens is 414 g/mol. The number of aromatic hydroxyl groups is 1. The van der Waals surface area contributed by atoms with Crippen molar-refractivity contribution in [3.8, 4) is 28.3 Å². The average molecular weight is 433 g/mol. The first-order valence-corrected chi connectivity index (χ1v) is 10.5. The number of imidazole rings is 1. The molecule has 0 aliphatic heterocycles. The minimum absolute atomic E-state index is 0.114. The average Bonchev–Trinajstić information content (AvgIpc) is 3.41. The number of nitrogens with zero attached hydrogens (tertiary/aromatic N) is 2. The zero-order chi connectivity index (χ0) is 22.5. The van der Waals surface area contributed by atoms with Crippen LogP contribution < -0.4 is 11.1 Å². The van der Waals surface area contributed by atoms with Gasteiger partial charge in [-0.05, 0) is 46.5 Å². The number of carbonyl (C=O) groups is 1. The fourth-order valence-corrected chi connectivity index (χ4v) is 4.49. The van der Waals surface area contributed by atoms with Gasteiger partial charge in [0.25, 0.3) is 5.91 Å². The number of pyridine rings is 1. The van der Waals surface area contributed by atoms with E-state index in [2.05, 4.69) is 21.4 Å². The molecule has 160 valence electrons. The number of phenolic OH excluding ortho intramolecular Hbond substituents is 1. The highest BCUT2D eigenvalue weighted by atomic mass is 16.3. The summed E-state index contributed by atoms with van der Waals surface area (Å²) in [6.07, 6.45) is 3.48. The van der Waals surface area contributed by atoms with Crippen molar-refractivity contribution in [2.75, 3.05) is 5.73 Å². The van der Waals surface area contributed by atoms with Crippen LogP contribution in [0.4, 0.5) is 5.69 Å². The van der Waals surface area contributed by atoms with Gasteiger partial charge in [-0.2, -0.15) is 0 Å². The van der Waals surface area contributed by atoms with Gasteiger partial charge in [0.15, 0.2) is 0 Å². The van der Waals surface area contributed by atoms with Crippen LogP contribution in [0.25, 0.3) is 33.5 Å². The molecule has 5 aromatic rings. The van der Waals surface area contributed by atoms with Crippen LogP contribution in [0.2, 0.25) is 0 Å². The zero-order valence-corrected chi connectivity index (χ0v) is 17.4. The minimum atomic E-state index is -0.339. The molecule has 0 spiro atoms. The van der Waals surface area contributed by atoms with Crippen molar-refractivity contribution < 1.29 is 9.90 Å². The quantitative estimate of drug-likeness (QED) is 0.248. The van der Waals surface area contributed by atoms with Gasteiger partial charge in [-0.3, -0.25) is 9.78 Å². The smallest absolute Gasteiger partial charge is 0.252 e. The number of rotatable bonds is 3. The molecule has 33 heavy (non-hydrogen) atoms. The number of phenols is 1. The highest BCUT2D eigenvalue weighted by Crippen LogP contribution is 2.47. The van der Waals surface area contributed by atoms with Gasteiger partial charge in [0.2, 0.25) is 0 Å². The lowest BCUT2D eigenvalue weighted by atomic mass is 9.98. The van der Waals surface area contributed by atoms with Gasteiger partial charge in [0.1, 0.15) is 11.6 Å². The fraction of sp³-hybridized carbons (Fsp3) is 0.0385. The first-order chi connectivity index (χ1) is 16.1. The van der Waals surface area contributed by atoms with Crippen molar-refractivity contribution in [3.05, 3.63) is 95.8 Å². The van der Waals surface area contributed by atoms with Crippen LogP contribution >= 0.6 is 0 Å². The highest BCUT2D eigenvalue weighted by molar-refractivity contribution is 5.98. The van der Waals surface area contributed by atoms with E-state index in [4.69, 9.17) is 10.7 Å². The van der Waals surface area contributed by atoms with Gasteiger partial charge < -0.3 is 21.1 Å². The van der Waals surface area contributed by atoms with Crippen LogP contribution in [-0.2, 0) is 0 Å². The van der Waals surface area contributed by atoms with E-state index in [1.165, 1.54) is 12.1 Å². The van der Waals surface area contributed by atoms with E-state index >= 15 is 0 Å². The molecule has 0 radical (unpaired) electrons. The molecule has 2 aromatic heterocycles. The molecule has 0 fully saturated rings. The standard InChI is InChI=1S/C26H19N5O2/c27-19-9-8-14(12-22(19)32)26(33)31-24-16-5-2-1-4-15(16)23-17(24)6-3-7-18(23)25-29-20-10-11-28-13-21(20)30-25/h1-13,24,32H,27H2,(H,29,30)(H,31,33). The Morgan fingerprint density at radius 1 is 1.00 bits per heavy atom. The second kappa shape index (κ2) is 7.20. The number of anilines is 1. The number of amides is 1. The molecule has 2 heterocycles. The number of nitrogen functional groups attached to an aromatic ring is 1. The van der Waals surface area contributed by atoms with Crippen LogP contribution in [0, 0.1) is 0 Å². The van der Waals surface area contributed by atoms with E-state index in [1.807, 2.05) is 42.5 Å². The SMILES string of the molecule is Nc1ccc(C(=O)NC2c3ccccc3-c3c(-c4nc5ccncc5[nH]4)cccc32)cc1O. The lowest BCUT2D eigenvalue weighted by Gasteiger charge is -2.16. The summed E-state index contributed by atoms with van der Waals surface area (Å²) in [4.78, 5) is 25.4. The zero-order valence-electron chi connectivity index (χ0n) is 17.4. The Hall–Kier alpha value is -4.65. The Morgan fingerprint density at radius 3 is 2.67 bits per heavy atom. The molecule has 7 heteroatoms. The summed E-state index contributed by atoms with van der Waals surface area (Å²) in [5, 5.41) is 13.1. The van der Waals surface area contributed by atoms with Crippen molar-refractivity contribution in [2.24, 2.45) is 0 Å². The number of nitrogens with two attached hydrogens (primary N) is 1. The van der Waals surface area contributed by atoms with E-state index in [9.17, 15) is 9.90 Å². The summed E-state index contributed by atoms with van der Waals surface area (Å²) < 4.78 is 0. The second-order valence-corrected chi connectivity index (χ2v) is 8.02. The fourth-order valence-electron chi connectivity index (χ4n) is 4.49. The second-order valence-electron chi connectivity index (χ2n) is 8.02. The maximum Gasteiger partial charge on any atom is 0.252 e. The Balaban J connectivity index is 1.46. The molecule has 6 rings (SSSR count). The number of hydrogen-bond donors (Lipinski definition) is 4. The predicted octanol–water partition coefficient (Wildman–Crippen LogP) is 4.41. The summed E-state index contributed by atoms with van der Waals surface area (Å²) in [7, 11) is 0. The molecule has 7 nitrogen and oxygen atoms in total. The lowest BCUT2D eigenvalue weighted by molar-refractivity contribution is 0.0943. The van der Waals surface area contributed by atoms with Gasteiger partial charge >= 0.3 is 0 Å². The van der Waals surface area contributed by atoms with Crippen molar-refractivity contribution in [1.82, 2.24) is 20.3 Å². The molecule has 1 aliphatic rings. The monoisotopic (exact) mass is 433 g/mol. The Labute approximate surface area is 189 Å². The number of aromatic amines is 1. The number of hydrogen-bond acceptors (Lipinski definition) is 5. The minimum Gasteiger partial charge on any atom is -0.506 e.